The molecule has 1 heterocycles. The van der Waals surface area contributed by atoms with Crippen molar-refractivity contribution in [1.82, 2.24) is 10.2 Å². The zero-order chi connectivity index (χ0) is 12.4. The molecule has 0 aromatic carbocycles. The Morgan fingerprint density at radius 2 is 1.94 bits per heavy atom. The quantitative estimate of drug-likeness (QED) is 0.781. The van der Waals surface area contributed by atoms with Crippen molar-refractivity contribution in [2.75, 3.05) is 13.1 Å². The predicted molar refractivity (Wildman–Crippen MR) is 62.7 cm³/mol. The summed E-state index contributed by atoms with van der Waals surface area (Å²) in [5.74, 6) is 0.330. The summed E-state index contributed by atoms with van der Waals surface area (Å²) in [5, 5.41) is 11.5. The molecule has 5 heteroatoms. The average molecular weight is 240 g/mol. The first-order valence-corrected chi connectivity index (χ1v) is 6.40. The lowest BCUT2D eigenvalue weighted by molar-refractivity contribution is -0.139. The summed E-state index contributed by atoms with van der Waals surface area (Å²) in [6.07, 6.45) is 4.12. The number of carbonyl (C=O) groups excluding carboxylic acids is 1. The molecule has 3 atom stereocenters. The van der Waals surface area contributed by atoms with Crippen molar-refractivity contribution < 1.29 is 14.7 Å². The summed E-state index contributed by atoms with van der Waals surface area (Å²) in [6.45, 7) is 3.36. The second-order valence-corrected chi connectivity index (χ2v) is 5.10. The minimum Gasteiger partial charge on any atom is -0.480 e. The minimum atomic E-state index is -0.958. The Balaban J connectivity index is 1.86. The number of carboxylic acids is 1. The lowest BCUT2D eigenvalue weighted by Crippen LogP contribution is -2.47. The summed E-state index contributed by atoms with van der Waals surface area (Å²) < 4.78 is 0. The molecule has 2 rings (SSSR count). The molecule has 1 aliphatic carbocycles. The molecule has 0 radical (unpaired) electrons. The van der Waals surface area contributed by atoms with Crippen LogP contribution < -0.4 is 5.32 Å². The van der Waals surface area contributed by atoms with Gasteiger partial charge in [-0.2, -0.15) is 0 Å². The monoisotopic (exact) mass is 240 g/mol. The van der Waals surface area contributed by atoms with E-state index in [2.05, 4.69) is 5.32 Å². The third kappa shape index (κ3) is 2.53. The third-order valence-corrected chi connectivity index (χ3v) is 4.02. The van der Waals surface area contributed by atoms with Gasteiger partial charge in [0.1, 0.15) is 6.04 Å². The molecule has 2 unspecified atom stereocenters. The Kier molecular flexibility index (Phi) is 3.54. The van der Waals surface area contributed by atoms with E-state index in [-0.39, 0.29) is 6.03 Å². The molecule has 96 valence electrons. The first-order valence-electron chi connectivity index (χ1n) is 6.40. The van der Waals surface area contributed by atoms with Gasteiger partial charge in [-0.3, -0.25) is 0 Å². The van der Waals surface area contributed by atoms with Crippen LogP contribution >= 0.6 is 0 Å². The van der Waals surface area contributed by atoms with Crippen LogP contribution in [0, 0.1) is 11.8 Å². The maximum atomic E-state index is 11.9. The smallest absolute Gasteiger partial charge is 0.326 e. The van der Waals surface area contributed by atoms with Gasteiger partial charge in [0.25, 0.3) is 0 Å². The number of fused-ring (bicyclic) bond motifs is 1. The standard InChI is InChI=1S/C12H20N2O3/c1-2-10(11(15)16)13-12(17)14-6-8-4-3-5-9(8)7-14/h8-10H,2-7H2,1H3,(H,13,17)(H,15,16)/t8?,9?,10-/m1/s1. The van der Waals surface area contributed by atoms with Crippen molar-refractivity contribution in [2.24, 2.45) is 11.8 Å². The van der Waals surface area contributed by atoms with Crippen LogP contribution in [0.25, 0.3) is 0 Å². The summed E-state index contributed by atoms with van der Waals surface area (Å²) in [6, 6.07) is -0.975. The van der Waals surface area contributed by atoms with Crippen molar-refractivity contribution in [2.45, 2.75) is 38.6 Å². The van der Waals surface area contributed by atoms with Crippen LogP contribution in [0.15, 0.2) is 0 Å². The Labute approximate surface area is 101 Å². The molecular weight excluding hydrogens is 220 g/mol. The van der Waals surface area contributed by atoms with E-state index in [0.717, 1.165) is 13.1 Å². The first-order chi connectivity index (χ1) is 8.11. The number of nitrogens with zero attached hydrogens (tertiary/aromatic N) is 1. The van der Waals surface area contributed by atoms with Gasteiger partial charge >= 0.3 is 12.0 Å². The lowest BCUT2D eigenvalue weighted by atomic mass is 10.0. The van der Waals surface area contributed by atoms with Gasteiger partial charge in [0.05, 0.1) is 0 Å². The highest BCUT2D eigenvalue weighted by Crippen LogP contribution is 2.37. The number of amides is 2. The Hall–Kier alpha value is -1.26. The molecule has 1 saturated carbocycles. The van der Waals surface area contributed by atoms with E-state index in [0.29, 0.717) is 18.3 Å². The molecule has 0 bridgehead atoms. The lowest BCUT2D eigenvalue weighted by Gasteiger charge is -2.20. The second kappa shape index (κ2) is 4.94. The van der Waals surface area contributed by atoms with E-state index in [1.165, 1.54) is 19.3 Å². The summed E-state index contributed by atoms with van der Waals surface area (Å²) >= 11 is 0. The summed E-state index contributed by atoms with van der Waals surface area (Å²) in [5.41, 5.74) is 0. The van der Waals surface area contributed by atoms with Crippen LogP contribution in [-0.2, 0) is 4.79 Å². The largest absolute Gasteiger partial charge is 0.480 e. The van der Waals surface area contributed by atoms with E-state index in [4.69, 9.17) is 5.11 Å². The number of carboxylic acid groups (broad SMARTS) is 1. The number of hydrogen-bond donors (Lipinski definition) is 2. The van der Waals surface area contributed by atoms with E-state index in [1.807, 2.05) is 0 Å². The van der Waals surface area contributed by atoms with Crippen LogP contribution in [-0.4, -0.2) is 41.1 Å². The number of urea groups is 1. The zero-order valence-electron chi connectivity index (χ0n) is 10.2. The maximum absolute atomic E-state index is 11.9. The number of carbonyl (C=O) groups is 2. The van der Waals surface area contributed by atoms with Gasteiger partial charge in [-0.15, -0.1) is 0 Å². The van der Waals surface area contributed by atoms with Crippen molar-refractivity contribution in [3.05, 3.63) is 0 Å². The van der Waals surface area contributed by atoms with E-state index >= 15 is 0 Å². The normalized spacial score (nSPS) is 28.9. The Bertz CT molecular complexity index is 307. The van der Waals surface area contributed by atoms with Gasteiger partial charge in [0, 0.05) is 13.1 Å². The van der Waals surface area contributed by atoms with Crippen molar-refractivity contribution >= 4 is 12.0 Å². The molecule has 1 saturated heterocycles. The molecule has 2 aliphatic rings. The van der Waals surface area contributed by atoms with Gasteiger partial charge in [0.2, 0.25) is 0 Å². The molecule has 0 aromatic rings. The Morgan fingerprint density at radius 3 is 2.41 bits per heavy atom. The van der Waals surface area contributed by atoms with E-state index in [1.54, 1.807) is 11.8 Å². The number of aliphatic carboxylic acids is 1. The van der Waals surface area contributed by atoms with Crippen LogP contribution in [0.1, 0.15) is 32.6 Å². The van der Waals surface area contributed by atoms with Crippen LogP contribution in [0.3, 0.4) is 0 Å². The molecule has 2 N–H and O–H groups in total. The van der Waals surface area contributed by atoms with Crippen LogP contribution in [0.4, 0.5) is 4.79 Å². The predicted octanol–water partition coefficient (Wildman–Crippen LogP) is 1.29. The fourth-order valence-electron chi connectivity index (χ4n) is 2.98. The van der Waals surface area contributed by atoms with Crippen LogP contribution in [0.2, 0.25) is 0 Å². The van der Waals surface area contributed by atoms with Crippen molar-refractivity contribution in [3.63, 3.8) is 0 Å². The van der Waals surface area contributed by atoms with Gasteiger partial charge in [-0.1, -0.05) is 13.3 Å². The zero-order valence-corrected chi connectivity index (χ0v) is 10.2. The Morgan fingerprint density at radius 1 is 1.35 bits per heavy atom. The van der Waals surface area contributed by atoms with Gasteiger partial charge in [-0.25, -0.2) is 9.59 Å². The molecule has 0 spiro atoms. The fourth-order valence-corrected chi connectivity index (χ4v) is 2.98. The van der Waals surface area contributed by atoms with Gasteiger partial charge < -0.3 is 15.3 Å². The molecule has 0 aromatic heterocycles. The third-order valence-electron chi connectivity index (χ3n) is 4.02. The van der Waals surface area contributed by atoms with Crippen LogP contribution in [0.5, 0.6) is 0 Å². The molecule has 2 amide bonds. The van der Waals surface area contributed by atoms with Gasteiger partial charge in [-0.05, 0) is 31.1 Å². The summed E-state index contributed by atoms with van der Waals surface area (Å²) in [4.78, 5) is 24.5. The molecule has 17 heavy (non-hydrogen) atoms. The van der Waals surface area contributed by atoms with E-state index in [9.17, 15) is 9.59 Å². The highest BCUT2D eigenvalue weighted by atomic mass is 16.4. The van der Waals surface area contributed by atoms with Crippen molar-refractivity contribution in [1.29, 1.82) is 0 Å². The average Bonchev–Trinajstić information content (AvgIpc) is 2.84. The maximum Gasteiger partial charge on any atom is 0.326 e. The fraction of sp³-hybridized carbons (Fsp3) is 0.833. The topological polar surface area (TPSA) is 69.6 Å². The molecule has 1 aliphatic heterocycles. The number of hydrogen-bond acceptors (Lipinski definition) is 2. The second-order valence-electron chi connectivity index (χ2n) is 5.10. The number of nitrogens with one attached hydrogen (secondary N) is 1. The highest BCUT2D eigenvalue weighted by Gasteiger charge is 2.38. The number of rotatable bonds is 3. The molecular formula is C12H20N2O3. The number of likely N-dealkylation sites (tertiary alicyclic amines) is 1. The van der Waals surface area contributed by atoms with E-state index < -0.39 is 12.0 Å². The highest BCUT2D eigenvalue weighted by molar-refractivity contribution is 5.82. The first kappa shape index (κ1) is 12.2. The summed E-state index contributed by atoms with van der Waals surface area (Å²) in [7, 11) is 0. The molecule has 5 nitrogen and oxygen atoms in total. The molecule has 2 fully saturated rings. The SMILES string of the molecule is CC[C@@H](NC(=O)N1CC2CCCC2C1)C(=O)O. The van der Waals surface area contributed by atoms with Crippen molar-refractivity contribution in [3.8, 4) is 0 Å². The van der Waals surface area contributed by atoms with Gasteiger partial charge in [0.15, 0.2) is 0 Å². The minimum absolute atomic E-state index is 0.214.